The number of aromatic nitrogens is 1. The van der Waals surface area contributed by atoms with E-state index in [1.807, 2.05) is 0 Å². The highest BCUT2D eigenvalue weighted by Gasteiger charge is 2.18. The molecule has 0 saturated heterocycles. The summed E-state index contributed by atoms with van der Waals surface area (Å²) in [6, 6.07) is 7.02. The van der Waals surface area contributed by atoms with Crippen LogP contribution in [0.25, 0.3) is 11.3 Å². The Bertz CT molecular complexity index is 735. The lowest BCUT2D eigenvalue weighted by Crippen LogP contribution is -2.25. The molecule has 0 aliphatic heterocycles. The summed E-state index contributed by atoms with van der Waals surface area (Å²) in [5.74, 6) is 2.40. The quantitative estimate of drug-likeness (QED) is 0.721. The SMILES string of the molecule is COc1ccc(OC)c(-c2cc(C(=O)NCCCC3CCCC3)no2)c1. The van der Waals surface area contributed by atoms with Gasteiger partial charge in [0.25, 0.3) is 5.91 Å². The number of carbonyl (C=O) groups excluding carboxylic acids is 1. The molecule has 1 fully saturated rings. The molecule has 0 unspecified atom stereocenters. The molecular formula is C20H26N2O4. The summed E-state index contributed by atoms with van der Waals surface area (Å²) < 4.78 is 15.9. The fourth-order valence-corrected chi connectivity index (χ4v) is 3.50. The maximum Gasteiger partial charge on any atom is 0.273 e. The van der Waals surface area contributed by atoms with Crippen LogP contribution in [0.5, 0.6) is 11.5 Å². The van der Waals surface area contributed by atoms with Crippen LogP contribution in [-0.4, -0.2) is 31.8 Å². The fourth-order valence-electron chi connectivity index (χ4n) is 3.50. The second-order valence-corrected chi connectivity index (χ2v) is 6.69. The lowest BCUT2D eigenvalue weighted by atomic mass is 10.0. The molecule has 2 aromatic rings. The summed E-state index contributed by atoms with van der Waals surface area (Å²) >= 11 is 0. The van der Waals surface area contributed by atoms with Crippen molar-refractivity contribution in [1.29, 1.82) is 0 Å². The summed E-state index contributed by atoms with van der Waals surface area (Å²) in [6.07, 6.45) is 7.57. The first-order valence-corrected chi connectivity index (χ1v) is 9.18. The van der Waals surface area contributed by atoms with Gasteiger partial charge in [-0.2, -0.15) is 0 Å². The smallest absolute Gasteiger partial charge is 0.273 e. The Morgan fingerprint density at radius 3 is 2.77 bits per heavy atom. The van der Waals surface area contributed by atoms with Gasteiger partial charge in [-0.05, 0) is 37.0 Å². The summed E-state index contributed by atoms with van der Waals surface area (Å²) in [6.45, 7) is 0.667. The number of nitrogens with one attached hydrogen (secondary N) is 1. The van der Waals surface area contributed by atoms with E-state index in [4.69, 9.17) is 14.0 Å². The van der Waals surface area contributed by atoms with Crippen molar-refractivity contribution in [2.45, 2.75) is 38.5 Å². The Morgan fingerprint density at radius 1 is 1.23 bits per heavy atom. The average Bonchev–Trinajstić information content (AvgIpc) is 3.36. The van der Waals surface area contributed by atoms with Crippen LogP contribution in [0.1, 0.15) is 49.0 Å². The lowest BCUT2D eigenvalue weighted by Gasteiger charge is -2.08. The molecule has 1 aliphatic rings. The van der Waals surface area contributed by atoms with Crippen molar-refractivity contribution in [3.05, 3.63) is 30.0 Å². The third-order valence-electron chi connectivity index (χ3n) is 4.96. The van der Waals surface area contributed by atoms with Crippen molar-refractivity contribution < 1.29 is 18.8 Å². The summed E-state index contributed by atoms with van der Waals surface area (Å²) in [5.41, 5.74) is 0.963. The van der Waals surface area contributed by atoms with E-state index in [0.29, 0.717) is 29.4 Å². The highest BCUT2D eigenvalue weighted by atomic mass is 16.5. The first kappa shape index (κ1) is 18.3. The van der Waals surface area contributed by atoms with Crippen molar-refractivity contribution >= 4 is 5.91 Å². The van der Waals surface area contributed by atoms with Gasteiger partial charge in [0.05, 0.1) is 19.8 Å². The molecular weight excluding hydrogens is 332 g/mol. The van der Waals surface area contributed by atoms with E-state index < -0.39 is 0 Å². The number of hydrogen-bond acceptors (Lipinski definition) is 5. The van der Waals surface area contributed by atoms with Gasteiger partial charge in [-0.1, -0.05) is 30.8 Å². The number of nitrogens with zero attached hydrogens (tertiary/aromatic N) is 1. The zero-order valence-electron chi connectivity index (χ0n) is 15.4. The number of ether oxygens (including phenoxy) is 2. The van der Waals surface area contributed by atoms with Crippen LogP contribution in [0.2, 0.25) is 0 Å². The Morgan fingerprint density at radius 2 is 2.04 bits per heavy atom. The molecule has 140 valence electrons. The number of methoxy groups -OCH3 is 2. The van der Waals surface area contributed by atoms with Crippen LogP contribution < -0.4 is 14.8 Å². The van der Waals surface area contributed by atoms with Gasteiger partial charge in [0, 0.05) is 12.6 Å². The molecule has 26 heavy (non-hydrogen) atoms. The molecule has 1 amide bonds. The number of rotatable bonds is 8. The molecule has 3 rings (SSSR count). The molecule has 1 saturated carbocycles. The fraction of sp³-hybridized carbons (Fsp3) is 0.500. The number of amides is 1. The van der Waals surface area contributed by atoms with Crippen LogP contribution in [0.3, 0.4) is 0 Å². The number of hydrogen-bond donors (Lipinski definition) is 1. The first-order chi connectivity index (χ1) is 12.7. The number of carbonyl (C=O) groups is 1. The highest BCUT2D eigenvalue weighted by molar-refractivity contribution is 5.93. The highest BCUT2D eigenvalue weighted by Crippen LogP contribution is 2.33. The maximum absolute atomic E-state index is 12.3. The van der Waals surface area contributed by atoms with Gasteiger partial charge in [0.2, 0.25) is 0 Å². The van der Waals surface area contributed by atoms with Crippen molar-refractivity contribution in [2.24, 2.45) is 5.92 Å². The molecule has 1 heterocycles. The Balaban J connectivity index is 1.59. The first-order valence-electron chi connectivity index (χ1n) is 9.18. The zero-order chi connectivity index (χ0) is 18.4. The van der Waals surface area contributed by atoms with Gasteiger partial charge >= 0.3 is 0 Å². The third kappa shape index (κ3) is 4.36. The third-order valence-corrected chi connectivity index (χ3v) is 4.96. The Labute approximate surface area is 153 Å². The predicted molar refractivity (Wildman–Crippen MR) is 98.6 cm³/mol. The van der Waals surface area contributed by atoms with E-state index in [-0.39, 0.29) is 11.6 Å². The van der Waals surface area contributed by atoms with Crippen molar-refractivity contribution in [2.75, 3.05) is 20.8 Å². The van der Waals surface area contributed by atoms with Gasteiger partial charge in [-0.15, -0.1) is 0 Å². The normalized spacial score (nSPS) is 14.4. The van der Waals surface area contributed by atoms with E-state index >= 15 is 0 Å². The molecule has 0 bridgehead atoms. The average molecular weight is 358 g/mol. The predicted octanol–water partition coefficient (Wildman–Crippen LogP) is 4.06. The number of benzene rings is 1. The van der Waals surface area contributed by atoms with Crippen molar-refractivity contribution in [1.82, 2.24) is 10.5 Å². The summed E-state index contributed by atoms with van der Waals surface area (Å²) in [7, 11) is 3.18. The second-order valence-electron chi connectivity index (χ2n) is 6.69. The molecule has 6 heteroatoms. The van der Waals surface area contributed by atoms with Gasteiger partial charge in [-0.3, -0.25) is 4.79 Å². The molecule has 1 aromatic heterocycles. The van der Waals surface area contributed by atoms with E-state index in [1.165, 1.54) is 32.1 Å². The Kier molecular flexibility index (Phi) is 6.15. The van der Waals surface area contributed by atoms with Crippen LogP contribution >= 0.6 is 0 Å². The molecule has 1 aromatic carbocycles. The van der Waals surface area contributed by atoms with E-state index in [0.717, 1.165) is 12.3 Å². The van der Waals surface area contributed by atoms with Crippen LogP contribution in [0.15, 0.2) is 28.8 Å². The van der Waals surface area contributed by atoms with Gasteiger partial charge in [0.15, 0.2) is 11.5 Å². The van der Waals surface area contributed by atoms with Crippen LogP contribution in [-0.2, 0) is 0 Å². The van der Waals surface area contributed by atoms with E-state index in [9.17, 15) is 4.79 Å². The molecule has 0 atom stereocenters. The zero-order valence-corrected chi connectivity index (χ0v) is 15.4. The topological polar surface area (TPSA) is 73.6 Å². The van der Waals surface area contributed by atoms with Gasteiger partial charge in [-0.25, -0.2) is 0 Å². The minimum atomic E-state index is -0.215. The summed E-state index contributed by atoms with van der Waals surface area (Å²) in [4.78, 5) is 12.3. The van der Waals surface area contributed by atoms with E-state index in [2.05, 4.69) is 10.5 Å². The van der Waals surface area contributed by atoms with Gasteiger partial charge in [0.1, 0.15) is 11.5 Å². The van der Waals surface area contributed by atoms with Crippen LogP contribution in [0, 0.1) is 5.92 Å². The molecule has 1 aliphatic carbocycles. The lowest BCUT2D eigenvalue weighted by molar-refractivity contribution is 0.0943. The van der Waals surface area contributed by atoms with Crippen LogP contribution in [0.4, 0.5) is 0 Å². The standard InChI is InChI=1S/C20H26N2O4/c1-24-15-9-10-18(25-2)16(12-15)19-13-17(22-26-19)20(23)21-11-5-8-14-6-3-4-7-14/h9-10,12-14H,3-8,11H2,1-2H3,(H,21,23). The minimum absolute atomic E-state index is 0.215. The minimum Gasteiger partial charge on any atom is -0.497 e. The maximum atomic E-state index is 12.3. The van der Waals surface area contributed by atoms with Crippen molar-refractivity contribution in [3.63, 3.8) is 0 Å². The van der Waals surface area contributed by atoms with Crippen molar-refractivity contribution in [3.8, 4) is 22.8 Å². The monoisotopic (exact) mass is 358 g/mol. The summed E-state index contributed by atoms with van der Waals surface area (Å²) in [5, 5.41) is 6.82. The Hall–Kier alpha value is -2.50. The van der Waals surface area contributed by atoms with E-state index in [1.54, 1.807) is 38.5 Å². The largest absolute Gasteiger partial charge is 0.497 e. The van der Waals surface area contributed by atoms with Gasteiger partial charge < -0.3 is 19.3 Å². The molecule has 0 radical (unpaired) electrons. The molecule has 1 N–H and O–H groups in total. The molecule has 6 nitrogen and oxygen atoms in total. The molecule has 0 spiro atoms. The second kappa shape index (κ2) is 8.74.